The van der Waals surface area contributed by atoms with E-state index >= 15 is 0 Å². The van der Waals surface area contributed by atoms with Crippen LogP contribution in [0.5, 0.6) is 17.2 Å². The number of hydrogen-bond acceptors (Lipinski definition) is 6. The van der Waals surface area contributed by atoms with Crippen molar-refractivity contribution in [1.82, 2.24) is 19.8 Å². The van der Waals surface area contributed by atoms with E-state index < -0.39 is 17.8 Å². The molecule has 11 heteroatoms. The van der Waals surface area contributed by atoms with Crippen LogP contribution in [-0.2, 0) is 20.1 Å². The van der Waals surface area contributed by atoms with Gasteiger partial charge in [0.25, 0.3) is 0 Å². The number of aryl methyl sites for hydroxylation is 2. The molecule has 0 aliphatic heterocycles. The van der Waals surface area contributed by atoms with Gasteiger partial charge in [-0.25, -0.2) is 4.79 Å². The number of phenols is 1. The quantitative estimate of drug-likeness (QED) is 0.672. The van der Waals surface area contributed by atoms with Crippen LogP contribution in [-0.4, -0.2) is 31.3 Å². The van der Waals surface area contributed by atoms with Gasteiger partial charge >= 0.3 is 12.1 Å². The van der Waals surface area contributed by atoms with Gasteiger partial charge in [-0.15, -0.1) is 13.2 Å². The molecule has 0 amide bonds. The first kappa shape index (κ1) is 20.2. The molecule has 1 N–H and O–H groups in total. The van der Waals surface area contributed by atoms with Crippen LogP contribution in [0.25, 0.3) is 5.69 Å². The molecule has 0 atom stereocenters. The van der Waals surface area contributed by atoms with Crippen molar-refractivity contribution < 1.29 is 27.8 Å². The average Bonchev–Trinajstić information content (AvgIpc) is 2.98. The van der Waals surface area contributed by atoms with Crippen LogP contribution in [0.1, 0.15) is 18.1 Å². The predicted molar refractivity (Wildman–Crippen MR) is 95.1 cm³/mol. The summed E-state index contributed by atoms with van der Waals surface area (Å²) >= 11 is 0. The van der Waals surface area contributed by atoms with Gasteiger partial charge in [0.15, 0.2) is 0 Å². The monoisotopic (exact) mass is 410 g/mol. The van der Waals surface area contributed by atoms with Gasteiger partial charge in [-0.3, -0.25) is 0 Å². The van der Waals surface area contributed by atoms with Crippen molar-refractivity contribution in [1.29, 1.82) is 0 Å². The van der Waals surface area contributed by atoms with E-state index in [0.717, 1.165) is 15.4 Å². The van der Waals surface area contributed by atoms with Crippen LogP contribution in [0.4, 0.5) is 13.2 Å². The van der Waals surface area contributed by atoms with E-state index in [1.54, 1.807) is 0 Å². The molecule has 1 aromatic heterocycles. The summed E-state index contributed by atoms with van der Waals surface area (Å²) in [5.41, 5.74) is 0.0240. The van der Waals surface area contributed by atoms with E-state index in [1.807, 2.05) is 6.92 Å². The topological polar surface area (TPSA) is 91.4 Å². The Morgan fingerprint density at radius 3 is 2.52 bits per heavy atom. The van der Waals surface area contributed by atoms with Crippen molar-refractivity contribution in [2.45, 2.75) is 26.3 Å². The fourth-order valence-corrected chi connectivity index (χ4v) is 2.72. The second-order valence-electron chi connectivity index (χ2n) is 6.03. The SMILES string of the molecule is CCc1cc(O)ccc1OCc1c(OC(F)(F)F)cccc1-n1nnn(C)c1=O. The second-order valence-corrected chi connectivity index (χ2v) is 6.03. The normalized spacial score (nSPS) is 11.5. The van der Waals surface area contributed by atoms with Crippen molar-refractivity contribution in [3.63, 3.8) is 0 Å². The third-order valence-electron chi connectivity index (χ3n) is 4.08. The summed E-state index contributed by atoms with van der Waals surface area (Å²) in [5, 5.41) is 16.8. The van der Waals surface area contributed by atoms with Crippen molar-refractivity contribution in [2.75, 3.05) is 0 Å². The molecular formula is C18H17F3N4O4. The van der Waals surface area contributed by atoms with Crippen LogP contribution < -0.4 is 15.2 Å². The number of benzene rings is 2. The zero-order chi connectivity index (χ0) is 21.2. The highest BCUT2D eigenvalue weighted by Gasteiger charge is 2.33. The number of rotatable bonds is 6. The maximum Gasteiger partial charge on any atom is 0.573 e. The Balaban J connectivity index is 2.05. The Morgan fingerprint density at radius 2 is 1.90 bits per heavy atom. The Labute approximate surface area is 162 Å². The largest absolute Gasteiger partial charge is 0.573 e. The van der Waals surface area contributed by atoms with Gasteiger partial charge in [-0.05, 0) is 52.7 Å². The lowest BCUT2D eigenvalue weighted by Crippen LogP contribution is -2.24. The van der Waals surface area contributed by atoms with E-state index in [-0.39, 0.29) is 23.6 Å². The second kappa shape index (κ2) is 7.86. The van der Waals surface area contributed by atoms with E-state index in [0.29, 0.717) is 17.7 Å². The highest BCUT2D eigenvalue weighted by atomic mass is 19.4. The fourth-order valence-electron chi connectivity index (χ4n) is 2.72. The standard InChI is InChI=1S/C18H17F3N4O4/c1-3-11-9-12(26)7-8-15(11)28-10-13-14(25-17(27)24(2)22-23-25)5-4-6-16(13)29-18(19,20)21/h4-9,26H,3,10H2,1-2H3. The zero-order valence-electron chi connectivity index (χ0n) is 15.5. The van der Waals surface area contributed by atoms with E-state index in [2.05, 4.69) is 15.2 Å². The van der Waals surface area contributed by atoms with Gasteiger partial charge in [0.05, 0.1) is 11.3 Å². The molecule has 1 heterocycles. The van der Waals surface area contributed by atoms with Gasteiger partial charge in [0.2, 0.25) is 0 Å². The van der Waals surface area contributed by atoms with Gasteiger partial charge in [-0.2, -0.15) is 9.36 Å². The summed E-state index contributed by atoms with van der Waals surface area (Å²) in [7, 11) is 1.36. The Hall–Kier alpha value is -3.50. The highest BCUT2D eigenvalue weighted by molar-refractivity contribution is 5.49. The van der Waals surface area contributed by atoms with E-state index in [1.165, 1.54) is 37.4 Å². The van der Waals surface area contributed by atoms with Crippen molar-refractivity contribution >= 4 is 0 Å². The minimum atomic E-state index is -4.94. The molecular weight excluding hydrogens is 393 g/mol. The molecule has 0 unspecified atom stereocenters. The highest BCUT2D eigenvalue weighted by Crippen LogP contribution is 2.32. The summed E-state index contributed by atoms with van der Waals surface area (Å²) < 4.78 is 50.2. The average molecular weight is 410 g/mol. The van der Waals surface area contributed by atoms with Crippen LogP contribution in [0.3, 0.4) is 0 Å². The first-order valence-corrected chi connectivity index (χ1v) is 8.51. The van der Waals surface area contributed by atoms with Gasteiger partial charge in [-0.1, -0.05) is 13.0 Å². The third-order valence-corrected chi connectivity index (χ3v) is 4.08. The number of aromatic nitrogens is 4. The lowest BCUT2D eigenvalue weighted by molar-refractivity contribution is -0.275. The molecule has 2 aromatic carbocycles. The molecule has 8 nitrogen and oxygen atoms in total. The first-order chi connectivity index (χ1) is 13.7. The maximum atomic E-state index is 12.9. The number of nitrogens with zero attached hydrogens (tertiary/aromatic N) is 4. The number of aromatic hydroxyl groups is 1. The van der Waals surface area contributed by atoms with Crippen LogP contribution in [0.15, 0.2) is 41.2 Å². The Morgan fingerprint density at radius 1 is 1.14 bits per heavy atom. The lowest BCUT2D eigenvalue weighted by atomic mass is 10.1. The van der Waals surface area contributed by atoms with E-state index in [4.69, 9.17) is 4.74 Å². The zero-order valence-corrected chi connectivity index (χ0v) is 15.5. The minimum absolute atomic E-state index is 0.0393. The minimum Gasteiger partial charge on any atom is -0.508 e. The molecule has 3 rings (SSSR count). The molecule has 0 aliphatic rings. The number of hydrogen-bond donors (Lipinski definition) is 1. The Bertz CT molecular complexity index is 1080. The molecule has 0 bridgehead atoms. The number of ether oxygens (including phenoxy) is 2. The maximum absolute atomic E-state index is 12.9. The van der Waals surface area contributed by atoms with Crippen LogP contribution >= 0.6 is 0 Å². The van der Waals surface area contributed by atoms with Gasteiger partial charge < -0.3 is 14.6 Å². The van der Waals surface area contributed by atoms with Crippen LogP contribution in [0, 0.1) is 0 Å². The Kier molecular flexibility index (Phi) is 5.48. The first-order valence-electron chi connectivity index (χ1n) is 8.51. The summed E-state index contributed by atoms with van der Waals surface area (Å²) in [6.07, 6.45) is -4.41. The van der Waals surface area contributed by atoms with Crippen molar-refractivity contribution in [2.24, 2.45) is 7.05 Å². The molecule has 3 aromatic rings. The summed E-state index contributed by atoms with van der Waals surface area (Å²) in [6, 6.07) is 8.25. The lowest BCUT2D eigenvalue weighted by Gasteiger charge is -2.17. The number of phenolic OH excluding ortho intramolecular Hbond substituents is 1. The number of alkyl halides is 3. The number of tetrazole rings is 1. The van der Waals surface area contributed by atoms with E-state index in [9.17, 15) is 23.1 Å². The molecule has 0 saturated heterocycles. The van der Waals surface area contributed by atoms with Crippen molar-refractivity contribution in [3.8, 4) is 22.9 Å². The van der Waals surface area contributed by atoms with Gasteiger partial charge in [0.1, 0.15) is 23.9 Å². The molecule has 0 aliphatic carbocycles. The summed E-state index contributed by atoms with van der Waals surface area (Å²) in [5.74, 6) is -0.101. The molecule has 29 heavy (non-hydrogen) atoms. The number of halogens is 3. The van der Waals surface area contributed by atoms with Gasteiger partial charge in [0, 0.05) is 7.05 Å². The summed E-state index contributed by atoms with van der Waals surface area (Å²) in [6.45, 7) is 1.50. The molecule has 0 fully saturated rings. The molecule has 154 valence electrons. The van der Waals surface area contributed by atoms with Crippen molar-refractivity contribution in [3.05, 3.63) is 58.0 Å². The van der Waals surface area contributed by atoms with Crippen LogP contribution in [0.2, 0.25) is 0 Å². The molecule has 0 radical (unpaired) electrons. The summed E-state index contributed by atoms with van der Waals surface area (Å²) in [4.78, 5) is 12.2. The molecule has 0 spiro atoms. The smallest absolute Gasteiger partial charge is 0.508 e. The molecule has 0 saturated carbocycles. The third kappa shape index (κ3) is 4.50. The fraction of sp³-hybridized carbons (Fsp3) is 0.278. The predicted octanol–water partition coefficient (Wildman–Crippen LogP) is 2.71.